The fourth-order valence-electron chi connectivity index (χ4n) is 3.39. The van der Waals surface area contributed by atoms with Crippen LogP contribution in [0.4, 0.5) is 0 Å². The Labute approximate surface area is 159 Å². The molecule has 5 heteroatoms. The summed E-state index contributed by atoms with van der Waals surface area (Å²) in [6.45, 7) is 6.23. The summed E-state index contributed by atoms with van der Waals surface area (Å²) < 4.78 is 0. The minimum absolute atomic E-state index is 0.184. The number of aliphatic hydroxyl groups excluding tert-OH is 1. The van der Waals surface area contributed by atoms with Crippen molar-refractivity contribution in [2.45, 2.75) is 45.7 Å². The van der Waals surface area contributed by atoms with E-state index in [9.17, 15) is 14.7 Å². The zero-order valence-electron chi connectivity index (χ0n) is 15.8. The molecule has 0 radical (unpaired) electrons. The van der Waals surface area contributed by atoms with Gasteiger partial charge in [-0.1, -0.05) is 51.1 Å². The van der Waals surface area contributed by atoms with Gasteiger partial charge in [0.15, 0.2) is 11.5 Å². The number of aliphatic hydroxyl groups is 1. The van der Waals surface area contributed by atoms with Crippen LogP contribution in [0.25, 0.3) is 0 Å². The van der Waals surface area contributed by atoms with E-state index in [1.807, 2.05) is 30.3 Å². The van der Waals surface area contributed by atoms with Crippen molar-refractivity contribution in [2.24, 2.45) is 0 Å². The van der Waals surface area contributed by atoms with Gasteiger partial charge in [0, 0.05) is 25.4 Å². The Morgan fingerprint density at radius 1 is 1.22 bits per heavy atom. The highest BCUT2D eigenvalue weighted by molar-refractivity contribution is 6.08. The second kappa shape index (κ2) is 7.74. The maximum atomic E-state index is 12.7. The Morgan fingerprint density at radius 3 is 2.48 bits per heavy atom. The zero-order chi connectivity index (χ0) is 19.6. The van der Waals surface area contributed by atoms with Crippen LogP contribution in [0.3, 0.4) is 0 Å². The molecule has 0 fully saturated rings. The average Bonchev–Trinajstić information content (AvgIpc) is 2.93. The monoisotopic (exact) mass is 364 g/mol. The lowest BCUT2D eigenvalue weighted by Crippen LogP contribution is -2.30. The van der Waals surface area contributed by atoms with E-state index in [0.29, 0.717) is 5.92 Å². The first-order chi connectivity index (χ1) is 12.9. The summed E-state index contributed by atoms with van der Waals surface area (Å²) in [6.07, 6.45) is 3.58. The van der Waals surface area contributed by atoms with Crippen LogP contribution in [0.5, 0.6) is 0 Å². The molecule has 0 bridgehead atoms. The number of carbonyl (C=O) groups excluding carboxylic acids is 2. The van der Waals surface area contributed by atoms with Gasteiger partial charge in [-0.2, -0.15) is 0 Å². The molecule has 1 aromatic carbocycles. The number of nitrogens with zero attached hydrogens (tertiary/aromatic N) is 2. The normalized spacial score (nSPS) is 17.1. The summed E-state index contributed by atoms with van der Waals surface area (Å²) in [5, 5.41) is 10.4. The van der Waals surface area contributed by atoms with Gasteiger partial charge in [0.2, 0.25) is 0 Å². The fraction of sp³-hybridized carbons (Fsp3) is 0.318. The third-order valence-electron chi connectivity index (χ3n) is 4.92. The van der Waals surface area contributed by atoms with Crippen molar-refractivity contribution < 1.29 is 14.7 Å². The summed E-state index contributed by atoms with van der Waals surface area (Å²) >= 11 is 0. The topological polar surface area (TPSA) is 70.5 Å². The number of benzene rings is 1. The molecule has 0 saturated heterocycles. The van der Waals surface area contributed by atoms with Gasteiger partial charge < -0.3 is 10.0 Å². The van der Waals surface area contributed by atoms with Crippen molar-refractivity contribution in [3.63, 3.8) is 0 Å². The molecular weight excluding hydrogens is 340 g/mol. The molecule has 140 valence electrons. The molecular formula is C22H24N2O3. The van der Waals surface area contributed by atoms with E-state index in [4.69, 9.17) is 0 Å². The Bertz CT molecular complexity index is 870. The Kier molecular flexibility index (Phi) is 5.40. The number of carbonyl (C=O) groups is 2. The molecule has 1 atom stereocenters. The molecule has 27 heavy (non-hydrogen) atoms. The van der Waals surface area contributed by atoms with E-state index in [1.165, 1.54) is 5.56 Å². The van der Waals surface area contributed by atoms with Gasteiger partial charge >= 0.3 is 0 Å². The Balaban J connectivity index is 2.04. The fourth-order valence-corrected chi connectivity index (χ4v) is 3.39. The van der Waals surface area contributed by atoms with Crippen LogP contribution in [-0.2, 0) is 16.1 Å². The van der Waals surface area contributed by atoms with Crippen molar-refractivity contribution in [3.8, 4) is 0 Å². The van der Waals surface area contributed by atoms with E-state index in [1.54, 1.807) is 30.3 Å². The third kappa shape index (κ3) is 3.63. The minimum Gasteiger partial charge on any atom is -0.503 e. The second-order valence-electron chi connectivity index (χ2n) is 7.06. The lowest BCUT2D eigenvalue weighted by Gasteiger charge is -2.27. The SMILES string of the molecule is CCC(=O)C1=C(O)C(=O)N(Cc2cccnc2)C1c1ccc(C(C)C)cc1. The molecule has 2 heterocycles. The number of pyridine rings is 1. The summed E-state index contributed by atoms with van der Waals surface area (Å²) in [4.78, 5) is 30.9. The average molecular weight is 364 g/mol. The molecule has 0 aliphatic carbocycles. The van der Waals surface area contributed by atoms with Crippen molar-refractivity contribution in [2.75, 3.05) is 0 Å². The van der Waals surface area contributed by atoms with Crippen LogP contribution < -0.4 is 0 Å². The molecule has 1 amide bonds. The van der Waals surface area contributed by atoms with Crippen LogP contribution >= 0.6 is 0 Å². The van der Waals surface area contributed by atoms with Crippen LogP contribution in [0.1, 0.15) is 55.8 Å². The van der Waals surface area contributed by atoms with Crippen molar-refractivity contribution in [1.29, 1.82) is 0 Å². The first kappa shape index (κ1) is 18.8. The standard InChI is InChI=1S/C22H24N2O3/c1-4-18(25)19-20(17-9-7-16(8-10-17)14(2)3)24(22(27)21(19)26)13-15-6-5-11-23-12-15/h5-12,14,20,26H,4,13H2,1-3H3. The quantitative estimate of drug-likeness (QED) is 0.838. The van der Waals surface area contributed by atoms with Gasteiger partial charge in [0.05, 0.1) is 11.6 Å². The van der Waals surface area contributed by atoms with E-state index in [0.717, 1.165) is 11.1 Å². The molecule has 3 rings (SSSR count). The maximum absolute atomic E-state index is 12.7. The lowest BCUT2D eigenvalue weighted by atomic mass is 9.93. The Morgan fingerprint density at radius 2 is 1.93 bits per heavy atom. The predicted octanol–water partition coefficient (Wildman–Crippen LogP) is 4.08. The number of hydrogen-bond donors (Lipinski definition) is 1. The number of rotatable bonds is 6. The van der Waals surface area contributed by atoms with Crippen LogP contribution in [0.15, 0.2) is 60.1 Å². The number of hydrogen-bond acceptors (Lipinski definition) is 4. The van der Waals surface area contributed by atoms with E-state index >= 15 is 0 Å². The smallest absolute Gasteiger partial charge is 0.290 e. The summed E-state index contributed by atoms with van der Waals surface area (Å²) in [6, 6.07) is 11.0. The summed E-state index contributed by atoms with van der Waals surface area (Å²) in [5.41, 5.74) is 3.02. The van der Waals surface area contributed by atoms with Crippen LogP contribution in [-0.4, -0.2) is 26.7 Å². The van der Waals surface area contributed by atoms with Crippen LogP contribution in [0.2, 0.25) is 0 Å². The van der Waals surface area contributed by atoms with Gasteiger partial charge in [-0.15, -0.1) is 0 Å². The largest absolute Gasteiger partial charge is 0.503 e. The van der Waals surface area contributed by atoms with Crippen LogP contribution in [0, 0.1) is 0 Å². The summed E-state index contributed by atoms with van der Waals surface area (Å²) in [5.74, 6) is -0.791. The number of aromatic nitrogens is 1. The maximum Gasteiger partial charge on any atom is 0.290 e. The third-order valence-corrected chi connectivity index (χ3v) is 4.92. The van der Waals surface area contributed by atoms with E-state index < -0.39 is 17.7 Å². The zero-order valence-corrected chi connectivity index (χ0v) is 15.8. The lowest BCUT2D eigenvalue weighted by molar-refractivity contribution is -0.130. The number of ketones is 1. The minimum atomic E-state index is -0.591. The van der Waals surface area contributed by atoms with Gasteiger partial charge in [0.1, 0.15) is 0 Å². The highest BCUT2D eigenvalue weighted by atomic mass is 16.3. The molecule has 1 aromatic heterocycles. The van der Waals surface area contributed by atoms with Gasteiger partial charge in [-0.25, -0.2) is 0 Å². The first-order valence-corrected chi connectivity index (χ1v) is 9.20. The number of amides is 1. The van der Waals surface area contributed by atoms with Gasteiger partial charge in [-0.05, 0) is 28.7 Å². The van der Waals surface area contributed by atoms with Crippen molar-refractivity contribution in [3.05, 3.63) is 76.8 Å². The molecule has 5 nitrogen and oxygen atoms in total. The molecule has 1 aliphatic rings. The Hall–Kier alpha value is -2.95. The molecule has 1 unspecified atom stereocenters. The van der Waals surface area contributed by atoms with Gasteiger partial charge in [-0.3, -0.25) is 14.6 Å². The molecule has 2 aromatic rings. The van der Waals surface area contributed by atoms with E-state index in [-0.39, 0.29) is 24.3 Å². The van der Waals surface area contributed by atoms with Crippen molar-refractivity contribution in [1.82, 2.24) is 9.88 Å². The van der Waals surface area contributed by atoms with Gasteiger partial charge in [0.25, 0.3) is 5.91 Å². The molecule has 1 aliphatic heterocycles. The highest BCUT2D eigenvalue weighted by Crippen LogP contribution is 2.39. The van der Waals surface area contributed by atoms with Crippen molar-refractivity contribution >= 4 is 11.7 Å². The molecule has 0 saturated carbocycles. The van der Waals surface area contributed by atoms with E-state index in [2.05, 4.69) is 18.8 Å². The molecule has 1 N–H and O–H groups in total. The molecule has 0 spiro atoms. The predicted molar refractivity (Wildman–Crippen MR) is 103 cm³/mol. The second-order valence-corrected chi connectivity index (χ2v) is 7.06. The summed E-state index contributed by atoms with van der Waals surface area (Å²) in [7, 11) is 0. The first-order valence-electron chi connectivity index (χ1n) is 9.20. The number of Topliss-reactive ketones (excluding diaryl/α,β-unsaturated/α-hetero) is 1. The highest BCUT2D eigenvalue weighted by Gasteiger charge is 2.42.